The molecule has 2 rings (SSSR count). The van der Waals surface area contributed by atoms with E-state index in [1.807, 2.05) is 0 Å². The molecule has 0 saturated carbocycles. The van der Waals surface area contributed by atoms with Crippen molar-refractivity contribution in [2.75, 3.05) is 19.5 Å². The average Bonchev–Trinajstić information content (AvgIpc) is 2.53. The number of nitrogens with one attached hydrogen (secondary N) is 1. The third-order valence-electron chi connectivity index (χ3n) is 3.18. The van der Waals surface area contributed by atoms with E-state index >= 15 is 0 Å². The van der Waals surface area contributed by atoms with Crippen molar-refractivity contribution in [1.29, 1.82) is 0 Å². The van der Waals surface area contributed by atoms with Gasteiger partial charge in [0.25, 0.3) is 5.79 Å². The molecule has 9 heteroatoms. The van der Waals surface area contributed by atoms with Gasteiger partial charge in [-0.1, -0.05) is 0 Å². The lowest BCUT2D eigenvalue weighted by Gasteiger charge is -2.29. The Bertz CT molecular complexity index is 748. The van der Waals surface area contributed by atoms with Crippen LogP contribution in [0, 0.1) is 0 Å². The predicted octanol–water partition coefficient (Wildman–Crippen LogP) is 2.38. The Morgan fingerprint density at radius 2 is 1.80 bits per heavy atom. The molecule has 0 atom stereocenters. The van der Waals surface area contributed by atoms with Gasteiger partial charge in [-0.3, -0.25) is 0 Å². The maximum Gasteiger partial charge on any atom is 0.350 e. The molecule has 0 aromatic heterocycles. The van der Waals surface area contributed by atoms with Gasteiger partial charge in [0.05, 0.1) is 19.9 Å². The molecular formula is C16H16BrNO7. The molecule has 134 valence electrons. The largest absolute Gasteiger partial charge is 0.496 e. The molecule has 0 aliphatic carbocycles. The standard InChI is InChI=1S/C16H16BrNO7/c1-16(2)24-14(20)9(15(21)25-16)7-18-11-6-12(22-3)8(5-10(11)17)13(19)23-4/h5-7,18H,1-4H3. The fraction of sp³-hybridized carbons (Fsp3) is 0.312. The summed E-state index contributed by atoms with van der Waals surface area (Å²) in [6, 6.07) is 3.00. The van der Waals surface area contributed by atoms with Crippen LogP contribution in [0.1, 0.15) is 24.2 Å². The summed E-state index contributed by atoms with van der Waals surface area (Å²) < 4.78 is 20.3. The van der Waals surface area contributed by atoms with E-state index in [9.17, 15) is 14.4 Å². The second-order valence-electron chi connectivity index (χ2n) is 5.41. The highest BCUT2D eigenvalue weighted by atomic mass is 79.9. The van der Waals surface area contributed by atoms with Crippen molar-refractivity contribution in [3.63, 3.8) is 0 Å². The number of carbonyl (C=O) groups is 3. The topological polar surface area (TPSA) is 100 Å². The zero-order chi connectivity index (χ0) is 18.8. The molecular weight excluding hydrogens is 398 g/mol. The Morgan fingerprint density at radius 3 is 2.32 bits per heavy atom. The number of esters is 3. The van der Waals surface area contributed by atoms with Gasteiger partial charge in [-0.05, 0) is 22.0 Å². The minimum absolute atomic E-state index is 0.216. The van der Waals surface area contributed by atoms with Crippen LogP contribution in [0.25, 0.3) is 0 Å². The second kappa shape index (κ2) is 7.14. The van der Waals surface area contributed by atoms with E-state index in [-0.39, 0.29) is 16.9 Å². The van der Waals surface area contributed by atoms with Crippen molar-refractivity contribution in [1.82, 2.24) is 0 Å². The van der Waals surface area contributed by atoms with Crippen molar-refractivity contribution >= 4 is 39.5 Å². The monoisotopic (exact) mass is 413 g/mol. The van der Waals surface area contributed by atoms with E-state index < -0.39 is 23.7 Å². The SMILES string of the molecule is COC(=O)c1cc(Br)c(NC=C2C(=O)OC(C)(C)OC2=O)cc1OC. The first-order valence-electron chi connectivity index (χ1n) is 7.07. The van der Waals surface area contributed by atoms with Crippen LogP contribution >= 0.6 is 15.9 Å². The molecule has 25 heavy (non-hydrogen) atoms. The number of hydrogen-bond acceptors (Lipinski definition) is 8. The number of hydrogen-bond donors (Lipinski definition) is 1. The minimum Gasteiger partial charge on any atom is -0.496 e. The van der Waals surface area contributed by atoms with Gasteiger partial charge in [0, 0.05) is 30.6 Å². The molecule has 0 amide bonds. The Hall–Kier alpha value is -2.55. The third-order valence-corrected chi connectivity index (χ3v) is 3.84. The highest BCUT2D eigenvalue weighted by Crippen LogP contribution is 2.32. The zero-order valence-corrected chi connectivity index (χ0v) is 15.6. The molecule has 1 saturated heterocycles. The van der Waals surface area contributed by atoms with Crippen LogP contribution in [-0.4, -0.2) is 37.9 Å². The van der Waals surface area contributed by atoms with Crippen LogP contribution < -0.4 is 10.1 Å². The fourth-order valence-electron chi connectivity index (χ4n) is 2.03. The first kappa shape index (κ1) is 18.8. The van der Waals surface area contributed by atoms with Crippen molar-refractivity contribution in [3.8, 4) is 5.75 Å². The van der Waals surface area contributed by atoms with Crippen molar-refractivity contribution in [2.24, 2.45) is 0 Å². The van der Waals surface area contributed by atoms with E-state index in [4.69, 9.17) is 14.2 Å². The summed E-state index contributed by atoms with van der Waals surface area (Å²) in [4.78, 5) is 35.5. The summed E-state index contributed by atoms with van der Waals surface area (Å²) in [7, 11) is 2.66. The Balaban J connectivity index is 2.30. The smallest absolute Gasteiger partial charge is 0.350 e. The van der Waals surface area contributed by atoms with Gasteiger partial charge < -0.3 is 24.3 Å². The number of benzene rings is 1. The lowest BCUT2D eigenvalue weighted by molar-refractivity contribution is -0.222. The first-order valence-corrected chi connectivity index (χ1v) is 7.87. The number of carbonyl (C=O) groups excluding carboxylic acids is 3. The van der Waals surface area contributed by atoms with Crippen molar-refractivity contribution in [3.05, 3.63) is 33.9 Å². The van der Waals surface area contributed by atoms with Crippen LogP contribution in [0.2, 0.25) is 0 Å². The Kier molecular flexibility index (Phi) is 5.36. The number of ether oxygens (including phenoxy) is 4. The molecule has 0 unspecified atom stereocenters. The third kappa shape index (κ3) is 4.11. The van der Waals surface area contributed by atoms with Crippen LogP contribution in [0.5, 0.6) is 5.75 Å². The molecule has 1 fully saturated rings. The van der Waals surface area contributed by atoms with Crippen molar-refractivity contribution < 1.29 is 33.3 Å². The highest BCUT2D eigenvalue weighted by molar-refractivity contribution is 9.10. The Labute approximate surface area is 152 Å². The highest BCUT2D eigenvalue weighted by Gasteiger charge is 2.39. The fourth-order valence-corrected chi connectivity index (χ4v) is 2.49. The summed E-state index contributed by atoms with van der Waals surface area (Å²) in [5.41, 5.74) is 0.373. The summed E-state index contributed by atoms with van der Waals surface area (Å²) in [5, 5.41) is 2.79. The summed E-state index contributed by atoms with van der Waals surface area (Å²) in [5.74, 6) is -3.22. The predicted molar refractivity (Wildman–Crippen MR) is 90.0 cm³/mol. The lowest BCUT2D eigenvalue weighted by atomic mass is 10.1. The molecule has 1 heterocycles. The van der Waals surface area contributed by atoms with Crippen LogP contribution in [0.4, 0.5) is 5.69 Å². The van der Waals surface area contributed by atoms with Gasteiger partial charge >= 0.3 is 17.9 Å². The molecule has 0 radical (unpaired) electrons. The van der Waals surface area contributed by atoms with E-state index in [0.29, 0.717) is 10.2 Å². The van der Waals surface area contributed by atoms with Gasteiger partial charge in [-0.15, -0.1) is 0 Å². The van der Waals surface area contributed by atoms with Gasteiger partial charge in [0.15, 0.2) is 5.57 Å². The average molecular weight is 414 g/mol. The number of cyclic esters (lactones) is 2. The molecule has 1 aliphatic heterocycles. The molecule has 8 nitrogen and oxygen atoms in total. The molecule has 0 spiro atoms. The maximum absolute atomic E-state index is 11.9. The summed E-state index contributed by atoms with van der Waals surface area (Å²) >= 11 is 3.29. The lowest BCUT2D eigenvalue weighted by Crippen LogP contribution is -2.42. The van der Waals surface area contributed by atoms with Gasteiger partial charge in [-0.2, -0.15) is 0 Å². The number of halogens is 1. The molecule has 1 aromatic rings. The summed E-state index contributed by atoms with van der Waals surface area (Å²) in [6.45, 7) is 2.92. The Morgan fingerprint density at radius 1 is 1.20 bits per heavy atom. The van der Waals surface area contributed by atoms with Gasteiger partial charge in [0.1, 0.15) is 11.3 Å². The van der Waals surface area contributed by atoms with Crippen LogP contribution in [0.3, 0.4) is 0 Å². The minimum atomic E-state index is -1.31. The van der Waals surface area contributed by atoms with E-state index in [1.165, 1.54) is 40.2 Å². The molecule has 0 bridgehead atoms. The van der Waals surface area contributed by atoms with Gasteiger partial charge in [-0.25, -0.2) is 14.4 Å². The van der Waals surface area contributed by atoms with E-state index in [0.717, 1.165) is 6.20 Å². The quantitative estimate of drug-likeness (QED) is 0.456. The zero-order valence-electron chi connectivity index (χ0n) is 14.0. The first-order chi connectivity index (χ1) is 11.7. The number of anilines is 1. The van der Waals surface area contributed by atoms with Gasteiger partial charge in [0.2, 0.25) is 0 Å². The van der Waals surface area contributed by atoms with E-state index in [2.05, 4.69) is 26.0 Å². The maximum atomic E-state index is 11.9. The molecule has 1 N–H and O–H groups in total. The van der Waals surface area contributed by atoms with Crippen molar-refractivity contribution in [2.45, 2.75) is 19.6 Å². The molecule has 1 aliphatic rings. The number of methoxy groups -OCH3 is 2. The van der Waals surface area contributed by atoms with E-state index in [1.54, 1.807) is 0 Å². The normalized spacial score (nSPS) is 15.8. The molecule has 1 aromatic carbocycles. The second-order valence-corrected chi connectivity index (χ2v) is 6.26. The van der Waals surface area contributed by atoms with Crippen LogP contribution in [-0.2, 0) is 23.8 Å². The number of rotatable bonds is 4. The van der Waals surface area contributed by atoms with Crippen LogP contribution in [0.15, 0.2) is 28.4 Å². The summed E-state index contributed by atoms with van der Waals surface area (Å²) in [6.07, 6.45) is 1.16.